The van der Waals surface area contributed by atoms with Gasteiger partial charge in [0.1, 0.15) is 12.1 Å². The van der Waals surface area contributed by atoms with Crippen LogP contribution in [0.2, 0.25) is 0 Å². The Hall–Kier alpha value is -2.50. The molecule has 11 heteroatoms. The molecule has 1 saturated carbocycles. The summed E-state index contributed by atoms with van der Waals surface area (Å²) < 4.78 is 13.7. The molecule has 8 nitrogen and oxygen atoms in total. The first-order chi connectivity index (χ1) is 17.9. The molecule has 206 valence electrons. The number of rotatable bonds is 9. The van der Waals surface area contributed by atoms with E-state index in [4.69, 9.17) is 0 Å². The summed E-state index contributed by atoms with van der Waals surface area (Å²) in [5, 5.41) is 16.0. The number of aliphatic hydroxyl groups excluding tert-OH is 1. The van der Waals surface area contributed by atoms with Gasteiger partial charge < -0.3 is 20.6 Å². The topological polar surface area (TPSA) is 112 Å². The molecule has 1 saturated heterocycles. The Balaban J connectivity index is 1.47. The van der Waals surface area contributed by atoms with Gasteiger partial charge in [-0.3, -0.25) is 14.4 Å². The summed E-state index contributed by atoms with van der Waals surface area (Å²) in [6.45, 7) is 7.37. The van der Waals surface area contributed by atoms with Crippen LogP contribution in [0, 0.1) is 6.92 Å². The number of thiazole rings is 1. The number of alkyl halides is 1. The maximum Gasteiger partial charge on any atom is 0.258 e. The number of halogens is 1. The van der Waals surface area contributed by atoms with Crippen LogP contribution in [0.25, 0.3) is 10.4 Å². The first-order valence-electron chi connectivity index (χ1n) is 12.7. The number of aryl methyl sites for hydroxylation is 1. The van der Waals surface area contributed by atoms with Crippen molar-refractivity contribution in [2.45, 2.75) is 81.6 Å². The minimum absolute atomic E-state index is 0.0359. The lowest BCUT2D eigenvalue weighted by atomic mass is 10.00. The number of aromatic nitrogens is 1. The SMILES string of the molecule is CSC(C)(C)[C@H](NC(=O)C1(F)CC1)C(=O)N1C[C@H](O)CC1C(=O)N[C@@H](C)c1ccc(-c2scnc2C)cc1. The maximum atomic E-state index is 14.4. The van der Waals surface area contributed by atoms with Gasteiger partial charge in [-0.2, -0.15) is 11.8 Å². The summed E-state index contributed by atoms with van der Waals surface area (Å²) in [5.74, 6) is -1.69. The number of likely N-dealkylation sites (tertiary alicyclic amines) is 1. The molecular formula is C27H35FN4O4S2. The van der Waals surface area contributed by atoms with Gasteiger partial charge in [-0.1, -0.05) is 24.3 Å². The Bertz CT molecular complexity index is 1200. The number of nitrogens with zero attached hydrogens (tertiary/aromatic N) is 2. The molecule has 0 radical (unpaired) electrons. The third kappa shape index (κ3) is 5.89. The molecular weight excluding hydrogens is 527 g/mol. The van der Waals surface area contributed by atoms with E-state index < -0.39 is 40.4 Å². The van der Waals surface area contributed by atoms with Gasteiger partial charge in [0.25, 0.3) is 5.91 Å². The zero-order chi connectivity index (χ0) is 27.8. The van der Waals surface area contributed by atoms with Crippen molar-refractivity contribution in [2.24, 2.45) is 0 Å². The Morgan fingerprint density at radius 2 is 1.89 bits per heavy atom. The number of carbonyl (C=O) groups excluding carboxylic acids is 3. The molecule has 3 amide bonds. The molecule has 3 N–H and O–H groups in total. The van der Waals surface area contributed by atoms with Crippen molar-refractivity contribution in [1.29, 1.82) is 0 Å². The number of aliphatic hydroxyl groups is 1. The van der Waals surface area contributed by atoms with Crippen LogP contribution in [-0.4, -0.2) is 74.1 Å². The summed E-state index contributed by atoms with van der Waals surface area (Å²) in [6.07, 6.45) is 1.28. The predicted octanol–water partition coefficient (Wildman–Crippen LogP) is 3.39. The number of hydrogen-bond acceptors (Lipinski definition) is 7. The Labute approximate surface area is 230 Å². The molecule has 2 heterocycles. The van der Waals surface area contributed by atoms with E-state index in [0.29, 0.717) is 0 Å². The molecule has 2 aromatic rings. The molecule has 2 fully saturated rings. The Morgan fingerprint density at radius 3 is 2.45 bits per heavy atom. The molecule has 1 aliphatic carbocycles. The normalized spacial score (nSPS) is 22.0. The quantitative estimate of drug-likeness (QED) is 0.432. The highest BCUT2D eigenvalue weighted by Crippen LogP contribution is 2.40. The van der Waals surface area contributed by atoms with E-state index in [1.54, 1.807) is 31.4 Å². The number of nitrogens with one attached hydrogen (secondary N) is 2. The molecule has 38 heavy (non-hydrogen) atoms. The maximum absolute atomic E-state index is 14.4. The fraction of sp³-hybridized carbons (Fsp3) is 0.556. The third-order valence-electron chi connectivity index (χ3n) is 7.48. The fourth-order valence-corrected chi connectivity index (χ4v) is 5.82. The zero-order valence-electron chi connectivity index (χ0n) is 22.3. The van der Waals surface area contributed by atoms with E-state index in [1.807, 2.05) is 43.6 Å². The minimum Gasteiger partial charge on any atom is -0.391 e. The lowest BCUT2D eigenvalue weighted by Crippen LogP contribution is -2.61. The van der Waals surface area contributed by atoms with E-state index >= 15 is 0 Å². The number of amides is 3. The number of benzene rings is 1. The lowest BCUT2D eigenvalue weighted by molar-refractivity contribution is -0.143. The summed E-state index contributed by atoms with van der Waals surface area (Å²) in [4.78, 5) is 46.3. The molecule has 1 aromatic carbocycles. The van der Waals surface area contributed by atoms with Gasteiger partial charge in [0.05, 0.1) is 28.2 Å². The van der Waals surface area contributed by atoms with E-state index in [2.05, 4.69) is 15.6 Å². The van der Waals surface area contributed by atoms with Crippen molar-refractivity contribution in [3.63, 3.8) is 0 Å². The van der Waals surface area contributed by atoms with Gasteiger partial charge in [-0.05, 0) is 57.9 Å². The first-order valence-corrected chi connectivity index (χ1v) is 14.8. The minimum atomic E-state index is -1.93. The standard InChI is InChI=1S/C27H35FN4O4S2/c1-15(17-6-8-18(9-7-17)21-16(2)29-14-38-21)30-23(34)20-12-19(33)13-32(20)24(35)22(26(3,4)37-5)31-25(36)27(28)10-11-27/h6-9,14-15,19-20,22,33H,10-13H2,1-5H3,(H,30,34)(H,31,36)/t15-,19+,20?,22+/m0/s1. The monoisotopic (exact) mass is 562 g/mol. The van der Waals surface area contributed by atoms with Gasteiger partial charge in [-0.25, -0.2) is 9.37 Å². The molecule has 4 atom stereocenters. The van der Waals surface area contributed by atoms with Gasteiger partial charge in [-0.15, -0.1) is 11.3 Å². The second-order valence-electron chi connectivity index (χ2n) is 10.7. The molecule has 1 unspecified atom stereocenters. The summed E-state index contributed by atoms with van der Waals surface area (Å²) in [7, 11) is 0. The predicted molar refractivity (Wildman–Crippen MR) is 148 cm³/mol. The smallest absolute Gasteiger partial charge is 0.258 e. The van der Waals surface area contributed by atoms with Gasteiger partial charge in [0.15, 0.2) is 5.67 Å². The summed E-state index contributed by atoms with van der Waals surface area (Å²) in [6, 6.07) is 5.57. The lowest BCUT2D eigenvalue weighted by Gasteiger charge is -2.37. The van der Waals surface area contributed by atoms with Crippen LogP contribution in [0.4, 0.5) is 4.39 Å². The van der Waals surface area contributed by atoms with E-state index in [1.165, 1.54) is 16.7 Å². The largest absolute Gasteiger partial charge is 0.391 e. The number of thioether (sulfide) groups is 1. The highest BCUT2D eigenvalue weighted by atomic mass is 32.2. The average Bonchev–Trinajstić information content (AvgIpc) is 3.30. The molecule has 4 rings (SSSR count). The molecule has 0 bridgehead atoms. The molecule has 0 spiro atoms. The van der Waals surface area contributed by atoms with Crippen molar-refractivity contribution >= 4 is 40.8 Å². The van der Waals surface area contributed by atoms with Crippen LogP contribution in [0.1, 0.15) is 57.3 Å². The number of carbonyl (C=O) groups is 3. The van der Waals surface area contributed by atoms with Crippen molar-refractivity contribution in [2.75, 3.05) is 12.8 Å². The second-order valence-corrected chi connectivity index (χ2v) is 13.0. The molecule has 1 aliphatic heterocycles. The fourth-order valence-electron chi connectivity index (χ4n) is 4.61. The van der Waals surface area contributed by atoms with Crippen LogP contribution in [0.15, 0.2) is 29.8 Å². The van der Waals surface area contributed by atoms with Gasteiger partial charge in [0.2, 0.25) is 11.8 Å². The Morgan fingerprint density at radius 1 is 1.24 bits per heavy atom. The molecule has 2 aliphatic rings. The number of hydrogen-bond donors (Lipinski definition) is 3. The van der Waals surface area contributed by atoms with E-state index in [9.17, 15) is 23.9 Å². The highest BCUT2D eigenvalue weighted by Gasteiger charge is 2.54. The van der Waals surface area contributed by atoms with Gasteiger partial charge in [0, 0.05) is 17.7 Å². The van der Waals surface area contributed by atoms with Crippen molar-refractivity contribution in [3.05, 3.63) is 41.0 Å². The number of β-amino-alcohol motifs (C(OH)–C–C–N with tert-alkyl or cyclic N) is 1. The van der Waals surface area contributed by atoms with Crippen molar-refractivity contribution in [3.8, 4) is 10.4 Å². The zero-order valence-corrected chi connectivity index (χ0v) is 23.9. The van der Waals surface area contributed by atoms with E-state index in [0.717, 1.165) is 21.7 Å². The van der Waals surface area contributed by atoms with Crippen LogP contribution in [0.3, 0.4) is 0 Å². The third-order valence-corrected chi connectivity index (χ3v) is 9.75. The van der Waals surface area contributed by atoms with Crippen LogP contribution in [0.5, 0.6) is 0 Å². The van der Waals surface area contributed by atoms with Crippen molar-refractivity contribution in [1.82, 2.24) is 20.5 Å². The van der Waals surface area contributed by atoms with E-state index in [-0.39, 0.29) is 37.8 Å². The molecule has 1 aromatic heterocycles. The summed E-state index contributed by atoms with van der Waals surface area (Å²) >= 11 is 2.93. The summed E-state index contributed by atoms with van der Waals surface area (Å²) in [5.41, 5.74) is 2.78. The Kier molecular flexibility index (Phi) is 8.20. The van der Waals surface area contributed by atoms with Crippen LogP contribution >= 0.6 is 23.1 Å². The van der Waals surface area contributed by atoms with Crippen molar-refractivity contribution < 1.29 is 23.9 Å². The second kappa shape index (κ2) is 10.9. The van der Waals surface area contributed by atoms with Gasteiger partial charge >= 0.3 is 0 Å². The highest BCUT2D eigenvalue weighted by molar-refractivity contribution is 8.00. The average molecular weight is 563 g/mol. The first kappa shape index (κ1) is 28.5. The van der Waals surface area contributed by atoms with Crippen LogP contribution < -0.4 is 10.6 Å². The van der Waals surface area contributed by atoms with Crippen LogP contribution in [-0.2, 0) is 14.4 Å².